The van der Waals surface area contributed by atoms with E-state index in [0.29, 0.717) is 6.42 Å². The van der Waals surface area contributed by atoms with Gasteiger partial charge in [-0.25, -0.2) is 0 Å². The Morgan fingerprint density at radius 1 is 0.909 bits per heavy atom. The van der Waals surface area contributed by atoms with E-state index in [1.807, 2.05) is 0 Å². The number of fused-ring (bicyclic) bond motifs is 3. The Bertz CT molecular complexity index is 625. The van der Waals surface area contributed by atoms with Crippen LogP contribution in [0.2, 0.25) is 0 Å². The molecule has 5 rings (SSSR count). The van der Waals surface area contributed by atoms with Gasteiger partial charge in [0.05, 0.1) is 11.8 Å². The van der Waals surface area contributed by atoms with Crippen LogP contribution in [0.5, 0.6) is 0 Å². The Morgan fingerprint density at radius 2 is 1.45 bits per heavy atom. The molecule has 0 aromatic carbocycles. The molecule has 1 aliphatic heterocycles. The third kappa shape index (κ3) is 1.09. The highest BCUT2D eigenvalue weighted by molar-refractivity contribution is 5.98. The second-order valence-corrected chi connectivity index (χ2v) is 7.29. The summed E-state index contributed by atoms with van der Waals surface area (Å²) in [6, 6.07) is 0. The van der Waals surface area contributed by atoms with Gasteiger partial charge in [0.1, 0.15) is 0 Å². The van der Waals surface area contributed by atoms with Crippen molar-refractivity contribution in [3.8, 4) is 0 Å². The second kappa shape index (κ2) is 3.26. The molecule has 118 valence electrons. The Balaban J connectivity index is 1.48. The lowest BCUT2D eigenvalue weighted by molar-refractivity contribution is -0.320. The van der Waals surface area contributed by atoms with Crippen molar-refractivity contribution in [2.45, 2.75) is 24.7 Å². The van der Waals surface area contributed by atoms with Crippen molar-refractivity contribution >= 4 is 11.9 Å². The van der Waals surface area contributed by atoms with Crippen LogP contribution in [0.15, 0.2) is 12.2 Å². The van der Waals surface area contributed by atoms with E-state index in [9.17, 15) is 27.2 Å². The summed E-state index contributed by atoms with van der Waals surface area (Å²) in [5.74, 6) is -12.9. The minimum atomic E-state index is -3.98. The molecule has 1 heterocycles. The highest BCUT2D eigenvalue weighted by atomic mass is 19.3. The molecule has 1 saturated heterocycles. The van der Waals surface area contributed by atoms with E-state index in [0.717, 1.165) is 0 Å². The van der Waals surface area contributed by atoms with Gasteiger partial charge in [-0.2, -0.15) is 17.6 Å². The van der Waals surface area contributed by atoms with E-state index >= 15 is 0 Å². The van der Waals surface area contributed by atoms with E-state index < -0.39 is 59.3 Å². The Kier molecular flexibility index (Phi) is 1.94. The van der Waals surface area contributed by atoms with Crippen LogP contribution in [0.1, 0.15) is 12.8 Å². The van der Waals surface area contributed by atoms with Gasteiger partial charge in [-0.3, -0.25) is 9.59 Å². The molecule has 4 fully saturated rings. The first kappa shape index (κ1) is 13.1. The van der Waals surface area contributed by atoms with Crippen LogP contribution in [0, 0.1) is 40.9 Å². The molecule has 2 bridgehead atoms. The first-order chi connectivity index (χ1) is 10.2. The van der Waals surface area contributed by atoms with Crippen molar-refractivity contribution in [2.75, 3.05) is 0 Å². The average molecular weight is 316 g/mol. The van der Waals surface area contributed by atoms with Gasteiger partial charge in [0, 0.05) is 12.3 Å². The van der Waals surface area contributed by atoms with Gasteiger partial charge in [0.25, 0.3) is 0 Å². The molecule has 5 aliphatic rings. The summed E-state index contributed by atoms with van der Waals surface area (Å²) in [5.41, 5.74) is -0.602. The largest absolute Gasteiger partial charge is 0.393 e. The predicted octanol–water partition coefficient (Wildman–Crippen LogP) is 2.41. The van der Waals surface area contributed by atoms with E-state index in [4.69, 9.17) is 0 Å². The first-order valence-corrected chi connectivity index (χ1v) is 7.41. The van der Waals surface area contributed by atoms with E-state index in [2.05, 4.69) is 4.74 Å². The fourth-order valence-corrected chi connectivity index (χ4v) is 5.68. The summed E-state index contributed by atoms with van der Waals surface area (Å²) in [4.78, 5) is 23.6. The number of rotatable bonds is 1. The van der Waals surface area contributed by atoms with E-state index in [1.165, 1.54) is 0 Å². The van der Waals surface area contributed by atoms with Gasteiger partial charge in [0.2, 0.25) is 0 Å². The van der Waals surface area contributed by atoms with Gasteiger partial charge in [-0.15, -0.1) is 0 Å². The van der Waals surface area contributed by atoms with Crippen molar-refractivity contribution in [1.29, 1.82) is 0 Å². The fraction of sp³-hybridized carbons (Fsp3) is 0.733. The summed E-state index contributed by atoms with van der Waals surface area (Å²) in [6.07, 6.45) is 3.17. The molecular formula is C15H12F4O3. The number of halogens is 4. The maximum absolute atomic E-state index is 13.7. The lowest BCUT2D eigenvalue weighted by Gasteiger charge is -2.45. The summed E-state index contributed by atoms with van der Waals surface area (Å²) < 4.78 is 58.2. The molecule has 1 spiro atoms. The third-order valence-electron chi connectivity index (χ3n) is 6.69. The first-order valence-electron chi connectivity index (χ1n) is 7.41. The molecule has 3 saturated carbocycles. The fourth-order valence-electron chi connectivity index (χ4n) is 5.68. The van der Waals surface area contributed by atoms with Gasteiger partial charge >= 0.3 is 23.8 Å². The van der Waals surface area contributed by atoms with Crippen molar-refractivity contribution in [3.63, 3.8) is 0 Å². The van der Waals surface area contributed by atoms with Crippen LogP contribution in [0.4, 0.5) is 17.6 Å². The molecule has 0 aromatic heterocycles. The maximum atomic E-state index is 13.7. The van der Waals surface area contributed by atoms with Gasteiger partial charge in [-0.05, 0) is 29.6 Å². The SMILES string of the molecule is O=C1OC(=O)[C@@H]2[C@@H]1[C@H]1C=C[C@H]2C12C[C@H]2[C@H]1CC(F)(F)C1(F)F. The molecule has 0 unspecified atom stereocenters. The minimum Gasteiger partial charge on any atom is -0.393 e. The Morgan fingerprint density at radius 3 is 1.91 bits per heavy atom. The monoisotopic (exact) mass is 316 g/mol. The number of alkyl halides is 4. The molecule has 0 amide bonds. The zero-order valence-corrected chi connectivity index (χ0v) is 11.3. The Hall–Kier alpha value is -1.40. The zero-order chi connectivity index (χ0) is 15.7. The smallest absolute Gasteiger partial charge is 0.318 e. The second-order valence-electron chi connectivity index (χ2n) is 7.29. The van der Waals surface area contributed by atoms with Crippen LogP contribution < -0.4 is 0 Å². The van der Waals surface area contributed by atoms with Crippen molar-refractivity contribution < 1.29 is 31.9 Å². The van der Waals surface area contributed by atoms with Crippen LogP contribution in [-0.4, -0.2) is 23.8 Å². The summed E-state index contributed by atoms with van der Waals surface area (Å²) in [7, 11) is 0. The van der Waals surface area contributed by atoms with E-state index in [-0.39, 0.29) is 11.8 Å². The molecule has 0 aromatic rings. The van der Waals surface area contributed by atoms with Crippen molar-refractivity contribution in [1.82, 2.24) is 0 Å². The number of allylic oxidation sites excluding steroid dienone is 2. The van der Waals surface area contributed by atoms with Crippen molar-refractivity contribution in [2.24, 2.45) is 40.9 Å². The topological polar surface area (TPSA) is 43.4 Å². The molecule has 3 nitrogen and oxygen atoms in total. The number of hydrogen-bond donors (Lipinski definition) is 0. The number of ether oxygens (including phenoxy) is 1. The number of cyclic esters (lactones) is 2. The van der Waals surface area contributed by atoms with Gasteiger partial charge in [0.15, 0.2) is 0 Å². The molecule has 0 N–H and O–H groups in total. The standard InChI is InChI=1S/C15H12F4O3/c16-14(17)4-8(15(14,18)19)7-3-13(7)5-1-2-6(13)10-9(5)11(20)22-12(10)21/h1-2,5-10H,3-4H2/t5-,6-,7+,8-,9+,10+/m1/s1. The highest BCUT2D eigenvalue weighted by Crippen LogP contribution is 2.81. The average Bonchev–Trinajstić information content (AvgIpc) is 2.84. The lowest BCUT2D eigenvalue weighted by Crippen LogP contribution is -2.60. The number of esters is 2. The zero-order valence-electron chi connectivity index (χ0n) is 11.3. The summed E-state index contributed by atoms with van der Waals surface area (Å²) >= 11 is 0. The number of carbonyl (C=O) groups excluding carboxylic acids is 2. The molecule has 6 atom stereocenters. The van der Waals surface area contributed by atoms with E-state index in [1.54, 1.807) is 12.2 Å². The van der Waals surface area contributed by atoms with Gasteiger partial charge in [-0.1, -0.05) is 12.2 Å². The van der Waals surface area contributed by atoms with Crippen molar-refractivity contribution in [3.05, 3.63) is 12.2 Å². The normalized spacial score (nSPS) is 55.3. The van der Waals surface area contributed by atoms with Crippen LogP contribution in [-0.2, 0) is 14.3 Å². The predicted molar refractivity (Wildman–Crippen MR) is 62.7 cm³/mol. The summed E-state index contributed by atoms with van der Waals surface area (Å²) in [5, 5.41) is 0. The van der Waals surface area contributed by atoms with Crippen LogP contribution >= 0.6 is 0 Å². The summed E-state index contributed by atoms with van der Waals surface area (Å²) in [6.45, 7) is 0. The number of carbonyl (C=O) groups is 2. The quantitative estimate of drug-likeness (QED) is 0.323. The highest BCUT2D eigenvalue weighted by Gasteiger charge is 2.84. The van der Waals surface area contributed by atoms with Crippen LogP contribution in [0.25, 0.3) is 0 Å². The Labute approximate surface area is 122 Å². The van der Waals surface area contributed by atoms with Crippen LogP contribution in [0.3, 0.4) is 0 Å². The molecule has 22 heavy (non-hydrogen) atoms. The minimum absolute atomic E-state index is 0.323. The third-order valence-corrected chi connectivity index (χ3v) is 6.69. The molecule has 0 radical (unpaired) electrons. The molecule has 4 aliphatic carbocycles. The lowest BCUT2D eigenvalue weighted by atomic mass is 9.70. The van der Waals surface area contributed by atoms with Gasteiger partial charge < -0.3 is 4.74 Å². The number of hydrogen-bond acceptors (Lipinski definition) is 3. The maximum Gasteiger partial charge on any atom is 0.318 e. The molecule has 7 heteroatoms. The molecular weight excluding hydrogens is 304 g/mol.